The van der Waals surface area contributed by atoms with E-state index >= 15 is 0 Å². The fourth-order valence-corrected chi connectivity index (χ4v) is 3.08. The molecule has 0 bridgehead atoms. The Hall–Kier alpha value is -2.49. The van der Waals surface area contributed by atoms with Gasteiger partial charge in [-0.3, -0.25) is 0 Å². The number of methoxy groups -OCH3 is 2. The molecular formula is C21H25NO3. The largest absolute Gasteiger partial charge is 0.493 e. The van der Waals surface area contributed by atoms with Crippen LogP contribution in [0.4, 0.5) is 0 Å². The van der Waals surface area contributed by atoms with Gasteiger partial charge in [0.2, 0.25) is 5.90 Å². The summed E-state index contributed by atoms with van der Waals surface area (Å²) in [5.74, 6) is 2.17. The lowest BCUT2D eigenvalue weighted by Gasteiger charge is -2.17. The van der Waals surface area contributed by atoms with E-state index in [0.29, 0.717) is 12.5 Å². The molecule has 0 unspecified atom stereocenters. The molecule has 4 nitrogen and oxygen atoms in total. The molecular weight excluding hydrogens is 314 g/mol. The van der Waals surface area contributed by atoms with Crippen LogP contribution in [0.1, 0.15) is 30.5 Å². The van der Waals surface area contributed by atoms with Crippen molar-refractivity contribution in [2.75, 3.05) is 20.8 Å². The van der Waals surface area contributed by atoms with E-state index in [1.54, 1.807) is 14.2 Å². The lowest BCUT2D eigenvalue weighted by atomic mass is 9.98. The molecule has 1 aliphatic heterocycles. The molecule has 25 heavy (non-hydrogen) atoms. The van der Waals surface area contributed by atoms with Gasteiger partial charge in [0.15, 0.2) is 11.5 Å². The van der Waals surface area contributed by atoms with Crippen LogP contribution >= 0.6 is 0 Å². The highest BCUT2D eigenvalue weighted by molar-refractivity contribution is 5.98. The van der Waals surface area contributed by atoms with Crippen LogP contribution in [-0.2, 0) is 17.6 Å². The van der Waals surface area contributed by atoms with Crippen LogP contribution in [0.25, 0.3) is 0 Å². The maximum Gasteiger partial charge on any atom is 0.217 e. The summed E-state index contributed by atoms with van der Waals surface area (Å²) < 4.78 is 17.0. The van der Waals surface area contributed by atoms with E-state index in [-0.39, 0.29) is 5.54 Å². The molecule has 0 aromatic heterocycles. The molecule has 1 heterocycles. The van der Waals surface area contributed by atoms with Gasteiger partial charge in [-0.15, -0.1) is 0 Å². The third-order valence-corrected chi connectivity index (χ3v) is 4.35. The highest BCUT2D eigenvalue weighted by Gasteiger charge is 2.29. The average molecular weight is 339 g/mol. The van der Waals surface area contributed by atoms with Gasteiger partial charge in [0.1, 0.15) is 6.61 Å². The Morgan fingerprint density at radius 1 is 1.00 bits per heavy atom. The standard InChI is InChI=1S/C21H25NO3/c1-21(2)14-25-20(22-21)17-12-13-18(23-3)19(24-4)16(17)11-10-15-8-6-5-7-9-15/h5-9,12-13H,10-11,14H2,1-4H3. The number of ether oxygens (including phenoxy) is 3. The molecule has 0 radical (unpaired) electrons. The Kier molecular flexibility index (Phi) is 4.98. The smallest absolute Gasteiger partial charge is 0.217 e. The van der Waals surface area contributed by atoms with Gasteiger partial charge in [-0.05, 0) is 44.4 Å². The number of hydrogen-bond donors (Lipinski definition) is 0. The first kappa shape index (κ1) is 17.3. The van der Waals surface area contributed by atoms with Crippen molar-refractivity contribution in [1.29, 1.82) is 0 Å². The zero-order valence-electron chi connectivity index (χ0n) is 15.3. The first-order valence-electron chi connectivity index (χ1n) is 8.55. The van der Waals surface area contributed by atoms with Crippen LogP contribution in [0.2, 0.25) is 0 Å². The molecule has 1 aliphatic rings. The third kappa shape index (κ3) is 3.78. The summed E-state index contributed by atoms with van der Waals surface area (Å²) in [7, 11) is 3.33. The summed E-state index contributed by atoms with van der Waals surface area (Å²) >= 11 is 0. The minimum Gasteiger partial charge on any atom is -0.493 e. The zero-order valence-corrected chi connectivity index (χ0v) is 15.3. The fraction of sp³-hybridized carbons (Fsp3) is 0.381. The Balaban J connectivity index is 2.00. The second-order valence-electron chi connectivity index (χ2n) is 6.83. The van der Waals surface area contributed by atoms with Crippen LogP contribution in [-0.4, -0.2) is 32.3 Å². The summed E-state index contributed by atoms with van der Waals surface area (Å²) in [6.07, 6.45) is 1.73. The van der Waals surface area contributed by atoms with Gasteiger partial charge < -0.3 is 14.2 Å². The molecule has 0 saturated carbocycles. The highest BCUT2D eigenvalue weighted by Crippen LogP contribution is 2.36. The highest BCUT2D eigenvalue weighted by atomic mass is 16.5. The van der Waals surface area contributed by atoms with Crippen molar-refractivity contribution >= 4 is 5.90 Å². The van der Waals surface area contributed by atoms with Gasteiger partial charge in [0.05, 0.1) is 19.8 Å². The number of aryl methyl sites for hydroxylation is 1. The molecule has 0 atom stereocenters. The van der Waals surface area contributed by atoms with Crippen molar-refractivity contribution in [2.45, 2.75) is 32.2 Å². The van der Waals surface area contributed by atoms with Gasteiger partial charge in [-0.25, -0.2) is 4.99 Å². The fourth-order valence-electron chi connectivity index (χ4n) is 3.08. The molecule has 2 aromatic carbocycles. The van der Waals surface area contributed by atoms with Gasteiger partial charge in [-0.2, -0.15) is 0 Å². The van der Waals surface area contributed by atoms with Crippen LogP contribution in [0.5, 0.6) is 11.5 Å². The first-order chi connectivity index (χ1) is 12.0. The Morgan fingerprint density at radius 2 is 1.76 bits per heavy atom. The summed E-state index contributed by atoms with van der Waals surface area (Å²) in [5.41, 5.74) is 3.15. The molecule has 132 valence electrons. The monoisotopic (exact) mass is 339 g/mol. The molecule has 3 rings (SSSR count). The van der Waals surface area contributed by atoms with E-state index in [4.69, 9.17) is 19.2 Å². The van der Waals surface area contributed by atoms with Crippen molar-refractivity contribution in [2.24, 2.45) is 4.99 Å². The van der Waals surface area contributed by atoms with E-state index in [2.05, 4.69) is 38.1 Å². The lowest BCUT2D eigenvalue weighted by Crippen LogP contribution is -2.17. The molecule has 0 saturated heterocycles. The Labute approximate surface area is 149 Å². The van der Waals surface area contributed by atoms with E-state index in [1.165, 1.54) is 5.56 Å². The van der Waals surface area contributed by atoms with Crippen molar-refractivity contribution in [3.63, 3.8) is 0 Å². The van der Waals surface area contributed by atoms with Crippen LogP contribution in [0, 0.1) is 0 Å². The number of aliphatic imine (C=N–C) groups is 1. The molecule has 0 N–H and O–H groups in total. The van der Waals surface area contributed by atoms with Crippen LogP contribution < -0.4 is 9.47 Å². The molecule has 0 fully saturated rings. The van der Waals surface area contributed by atoms with Crippen molar-refractivity contribution in [3.8, 4) is 11.5 Å². The van der Waals surface area contributed by atoms with Crippen LogP contribution in [0.3, 0.4) is 0 Å². The van der Waals surface area contributed by atoms with Gasteiger partial charge in [-0.1, -0.05) is 30.3 Å². The number of hydrogen-bond acceptors (Lipinski definition) is 4. The normalized spacial score (nSPS) is 15.4. The second kappa shape index (κ2) is 7.18. The van der Waals surface area contributed by atoms with E-state index in [9.17, 15) is 0 Å². The zero-order chi connectivity index (χ0) is 17.9. The predicted octanol–water partition coefficient (Wildman–Crippen LogP) is 4.04. The van der Waals surface area contributed by atoms with Gasteiger partial charge in [0, 0.05) is 11.1 Å². The van der Waals surface area contributed by atoms with Crippen molar-refractivity contribution in [3.05, 3.63) is 59.2 Å². The minimum absolute atomic E-state index is 0.195. The topological polar surface area (TPSA) is 40.0 Å². The van der Waals surface area contributed by atoms with Crippen molar-refractivity contribution < 1.29 is 14.2 Å². The maximum absolute atomic E-state index is 5.87. The van der Waals surface area contributed by atoms with E-state index in [1.807, 2.05) is 18.2 Å². The van der Waals surface area contributed by atoms with Crippen LogP contribution in [0.15, 0.2) is 47.5 Å². The summed E-state index contributed by atoms with van der Waals surface area (Å²) in [6, 6.07) is 14.4. The number of nitrogens with zero attached hydrogens (tertiary/aromatic N) is 1. The molecule has 4 heteroatoms. The maximum atomic E-state index is 5.87. The van der Waals surface area contributed by atoms with E-state index < -0.39 is 0 Å². The molecule has 0 spiro atoms. The SMILES string of the molecule is COc1ccc(C2=NC(C)(C)CO2)c(CCc2ccccc2)c1OC. The molecule has 2 aromatic rings. The number of benzene rings is 2. The summed E-state index contributed by atoms with van der Waals surface area (Å²) in [5, 5.41) is 0. The Morgan fingerprint density at radius 3 is 2.36 bits per heavy atom. The quantitative estimate of drug-likeness (QED) is 0.797. The van der Waals surface area contributed by atoms with Gasteiger partial charge >= 0.3 is 0 Å². The third-order valence-electron chi connectivity index (χ3n) is 4.35. The number of rotatable bonds is 6. The molecule has 0 aliphatic carbocycles. The first-order valence-corrected chi connectivity index (χ1v) is 8.55. The lowest BCUT2D eigenvalue weighted by molar-refractivity contribution is 0.279. The van der Waals surface area contributed by atoms with Gasteiger partial charge in [0.25, 0.3) is 0 Å². The summed E-state index contributed by atoms with van der Waals surface area (Å²) in [6.45, 7) is 4.74. The predicted molar refractivity (Wildman–Crippen MR) is 100.0 cm³/mol. The minimum atomic E-state index is -0.195. The molecule has 0 amide bonds. The summed E-state index contributed by atoms with van der Waals surface area (Å²) in [4.78, 5) is 4.74. The van der Waals surface area contributed by atoms with E-state index in [0.717, 1.165) is 35.5 Å². The Bertz CT molecular complexity index is 766. The average Bonchev–Trinajstić information content (AvgIpc) is 2.99. The second-order valence-corrected chi connectivity index (χ2v) is 6.83. The van der Waals surface area contributed by atoms with Crippen molar-refractivity contribution in [1.82, 2.24) is 0 Å².